The molecular weight excluding hydrogens is 627 g/mol. The van der Waals surface area contributed by atoms with Crippen LogP contribution in [0.25, 0.3) is 54.9 Å². The molecule has 242 valence electrons. The van der Waals surface area contributed by atoms with Gasteiger partial charge in [0.05, 0.1) is 11.1 Å². The maximum atomic E-state index is 2.46. The molecule has 9 aromatic carbocycles. The summed E-state index contributed by atoms with van der Waals surface area (Å²) in [5.74, 6) is 0. The van der Waals surface area contributed by atoms with E-state index in [-0.39, 0.29) is 0 Å². The SMILES string of the molecule is c1ccc(-c2ccc(N(c3ccc4ccc5c(c4c3)C3(c4ccccc4-c4ccccc43)c3ccccc3-5)c3cccc4ccccc34)cc2)cc1. The van der Waals surface area contributed by atoms with Crippen molar-refractivity contribution < 1.29 is 0 Å². The molecule has 0 aromatic heterocycles. The molecular formula is C51H33N. The highest BCUT2D eigenvalue weighted by atomic mass is 15.1. The molecule has 52 heavy (non-hydrogen) atoms. The first-order valence-corrected chi connectivity index (χ1v) is 18.1. The summed E-state index contributed by atoms with van der Waals surface area (Å²) in [5, 5.41) is 4.97. The molecule has 0 aliphatic heterocycles. The van der Waals surface area contributed by atoms with Crippen LogP contribution in [0.2, 0.25) is 0 Å². The van der Waals surface area contributed by atoms with Gasteiger partial charge in [-0.15, -0.1) is 0 Å². The lowest BCUT2D eigenvalue weighted by atomic mass is 9.69. The summed E-state index contributed by atoms with van der Waals surface area (Å²) < 4.78 is 0. The van der Waals surface area contributed by atoms with Crippen molar-refractivity contribution >= 4 is 38.6 Å². The molecule has 1 nitrogen and oxygen atoms in total. The molecule has 1 heteroatoms. The van der Waals surface area contributed by atoms with Crippen LogP contribution in [-0.4, -0.2) is 0 Å². The van der Waals surface area contributed by atoms with Crippen LogP contribution in [0.3, 0.4) is 0 Å². The van der Waals surface area contributed by atoms with Gasteiger partial charge in [0.1, 0.15) is 0 Å². The standard InChI is InChI=1S/C51H33N/c1-2-13-34(14-3-1)35-25-29-38(30-26-35)52(49-24-12-16-36-15-4-5-17-40(36)49)39-31-27-37-28-32-44-43-20-8-11-23-48(43)51(50(44)45(37)33-39)46-21-9-6-18-41(46)42-19-7-10-22-47(42)51/h1-33H. The van der Waals surface area contributed by atoms with Gasteiger partial charge in [0.2, 0.25) is 0 Å². The first-order valence-electron chi connectivity index (χ1n) is 18.1. The fourth-order valence-corrected chi connectivity index (χ4v) is 9.31. The van der Waals surface area contributed by atoms with E-state index in [1.807, 2.05) is 0 Å². The quantitative estimate of drug-likeness (QED) is 0.182. The molecule has 0 saturated heterocycles. The normalized spacial score (nSPS) is 13.2. The summed E-state index contributed by atoms with van der Waals surface area (Å²) in [6.45, 7) is 0. The highest BCUT2D eigenvalue weighted by Crippen LogP contribution is 2.64. The third-order valence-corrected chi connectivity index (χ3v) is 11.5. The van der Waals surface area contributed by atoms with Gasteiger partial charge in [-0.1, -0.05) is 170 Å². The molecule has 0 radical (unpaired) electrons. The Labute approximate surface area is 303 Å². The van der Waals surface area contributed by atoms with Crippen LogP contribution >= 0.6 is 0 Å². The second-order valence-electron chi connectivity index (χ2n) is 14.0. The van der Waals surface area contributed by atoms with Crippen LogP contribution in [-0.2, 0) is 5.41 Å². The van der Waals surface area contributed by atoms with Crippen molar-refractivity contribution in [2.75, 3.05) is 4.90 Å². The number of anilines is 3. The summed E-state index contributed by atoms with van der Waals surface area (Å²) in [7, 11) is 0. The number of rotatable bonds is 4. The zero-order chi connectivity index (χ0) is 34.2. The number of nitrogens with zero attached hydrogens (tertiary/aromatic N) is 1. The summed E-state index contributed by atoms with van der Waals surface area (Å²) in [5.41, 5.74) is 16.2. The average Bonchev–Trinajstić information content (AvgIpc) is 3.69. The van der Waals surface area contributed by atoms with E-state index >= 15 is 0 Å². The van der Waals surface area contributed by atoms with Crippen molar-refractivity contribution in [3.05, 3.63) is 222 Å². The van der Waals surface area contributed by atoms with Gasteiger partial charge in [0.15, 0.2) is 0 Å². The molecule has 0 unspecified atom stereocenters. The Morgan fingerprint density at radius 2 is 0.846 bits per heavy atom. The van der Waals surface area contributed by atoms with Gasteiger partial charge >= 0.3 is 0 Å². The van der Waals surface area contributed by atoms with E-state index < -0.39 is 5.41 Å². The Morgan fingerprint density at radius 1 is 0.327 bits per heavy atom. The van der Waals surface area contributed by atoms with Crippen molar-refractivity contribution in [3.8, 4) is 33.4 Å². The fourth-order valence-electron chi connectivity index (χ4n) is 9.31. The molecule has 0 heterocycles. The molecule has 11 rings (SSSR count). The van der Waals surface area contributed by atoms with E-state index in [4.69, 9.17) is 0 Å². The molecule has 0 amide bonds. The lowest BCUT2D eigenvalue weighted by Crippen LogP contribution is -2.26. The van der Waals surface area contributed by atoms with Crippen LogP contribution in [0, 0.1) is 0 Å². The van der Waals surface area contributed by atoms with E-state index in [1.54, 1.807) is 0 Å². The van der Waals surface area contributed by atoms with Crippen LogP contribution in [0.5, 0.6) is 0 Å². The van der Waals surface area contributed by atoms with Crippen molar-refractivity contribution in [2.45, 2.75) is 5.41 Å². The van der Waals surface area contributed by atoms with E-state index in [1.165, 1.54) is 77.2 Å². The van der Waals surface area contributed by atoms with Gasteiger partial charge in [-0.25, -0.2) is 0 Å². The number of benzene rings is 9. The zero-order valence-electron chi connectivity index (χ0n) is 28.5. The number of hydrogen-bond acceptors (Lipinski definition) is 1. The largest absolute Gasteiger partial charge is 0.310 e. The van der Waals surface area contributed by atoms with Crippen LogP contribution < -0.4 is 4.90 Å². The smallest absolute Gasteiger partial charge is 0.0731 e. The Bertz CT molecular complexity index is 2780. The first-order chi connectivity index (χ1) is 25.8. The van der Waals surface area contributed by atoms with E-state index in [9.17, 15) is 0 Å². The first kappa shape index (κ1) is 29.1. The van der Waals surface area contributed by atoms with Gasteiger partial charge in [0.25, 0.3) is 0 Å². The second kappa shape index (κ2) is 11.2. The maximum Gasteiger partial charge on any atom is 0.0731 e. The molecule has 0 atom stereocenters. The van der Waals surface area contributed by atoms with Gasteiger partial charge in [-0.2, -0.15) is 0 Å². The van der Waals surface area contributed by atoms with Crippen LogP contribution in [0.15, 0.2) is 200 Å². The van der Waals surface area contributed by atoms with Crippen LogP contribution in [0.1, 0.15) is 22.3 Å². The molecule has 2 aliphatic rings. The topological polar surface area (TPSA) is 3.24 Å². The third-order valence-electron chi connectivity index (χ3n) is 11.5. The summed E-state index contributed by atoms with van der Waals surface area (Å²) in [6.07, 6.45) is 0. The van der Waals surface area contributed by atoms with Gasteiger partial charge in [0, 0.05) is 16.8 Å². The van der Waals surface area contributed by atoms with E-state index in [0.717, 1.165) is 17.1 Å². The Morgan fingerprint density at radius 3 is 1.56 bits per heavy atom. The second-order valence-corrected chi connectivity index (χ2v) is 14.0. The lowest BCUT2D eigenvalue weighted by molar-refractivity contribution is 0.801. The third kappa shape index (κ3) is 3.99. The van der Waals surface area contributed by atoms with Crippen molar-refractivity contribution in [1.29, 1.82) is 0 Å². The highest BCUT2D eigenvalue weighted by Gasteiger charge is 2.52. The zero-order valence-corrected chi connectivity index (χ0v) is 28.5. The van der Waals surface area contributed by atoms with E-state index in [2.05, 4.69) is 205 Å². The van der Waals surface area contributed by atoms with Crippen LogP contribution in [0.4, 0.5) is 17.1 Å². The van der Waals surface area contributed by atoms with Crippen molar-refractivity contribution in [1.82, 2.24) is 0 Å². The fraction of sp³-hybridized carbons (Fsp3) is 0.0196. The molecule has 0 bridgehead atoms. The monoisotopic (exact) mass is 659 g/mol. The molecule has 9 aromatic rings. The number of hydrogen-bond donors (Lipinski definition) is 0. The molecule has 0 fully saturated rings. The van der Waals surface area contributed by atoms with Gasteiger partial charge in [-0.05, 0) is 102 Å². The summed E-state index contributed by atoms with van der Waals surface area (Å²) in [4.78, 5) is 2.45. The Kier molecular flexibility index (Phi) is 6.23. The summed E-state index contributed by atoms with van der Waals surface area (Å²) >= 11 is 0. The Hall–Kier alpha value is -6.70. The Balaban J connectivity index is 1.20. The van der Waals surface area contributed by atoms with Gasteiger partial charge < -0.3 is 4.90 Å². The van der Waals surface area contributed by atoms with Crippen molar-refractivity contribution in [3.63, 3.8) is 0 Å². The molecule has 0 N–H and O–H groups in total. The summed E-state index contributed by atoms with van der Waals surface area (Å²) in [6, 6.07) is 74.0. The minimum atomic E-state index is -0.418. The minimum Gasteiger partial charge on any atom is -0.310 e. The highest BCUT2D eigenvalue weighted by molar-refractivity contribution is 6.06. The predicted molar refractivity (Wildman–Crippen MR) is 218 cm³/mol. The van der Waals surface area contributed by atoms with Crippen molar-refractivity contribution in [2.24, 2.45) is 0 Å². The predicted octanol–water partition coefficient (Wildman–Crippen LogP) is 13.5. The molecule has 2 aliphatic carbocycles. The average molecular weight is 660 g/mol. The van der Waals surface area contributed by atoms with E-state index in [0.29, 0.717) is 0 Å². The molecule has 1 spiro atoms. The minimum absolute atomic E-state index is 0.418. The van der Waals surface area contributed by atoms with Gasteiger partial charge in [-0.3, -0.25) is 0 Å². The maximum absolute atomic E-state index is 2.46. The molecule has 0 saturated carbocycles. The lowest BCUT2D eigenvalue weighted by Gasteiger charge is -2.32. The number of fused-ring (bicyclic) bond motifs is 13.